The summed E-state index contributed by atoms with van der Waals surface area (Å²) in [5, 5.41) is 2.88. The average molecular weight is 309 g/mol. The van der Waals surface area contributed by atoms with Gasteiger partial charge in [-0.2, -0.15) is 0 Å². The Bertz CT molecular complexity index is 409. The molecule has 2 aliphatic rings. The van der Waals surface area contributed by atoms with Crippen molar-refractivity contribution in [3.05, 3.63) is 0 Å². The van der Waals surface area contributed by atoms with Crippen molar-refractivity contribution in [1.29, 1.82) is 0 Å². The van der Waals surface area contributed by atoms with E-state index >= 15 is 0 Å². The molecular formula is C16H27N3O3. The third-order valence-electron chi connectivity index (χ3n) is 4.60. The normalized spacial score (nSPS) is 23.1. The summed E-state index contributed by atoms with van der Waals surface area (Å²) in [7, 11) is 0. The van der Waals surface area contributed by atoms with Crippen LogP contribution in [0.4, 0.5) is 0 Å². The lowest BCUT2D eigenvalue weighted by Crippen LogP contribution is -2.39. The van der Waals surface area contributed by atoms with Crippen LogP contribution >= 0.6 is 0 Å². The number of carbonyl (C=O) groups is 3. The van der Waals surface area contributed by atoms with Crippen molar-refractivity contribution in [3.63, 3.8) is 0 Å². The third-order valence-corrected chi connectivity index (χ3v) is 4.60. The average Bonchev–Trinajstić information content (AvgIpc) is 2.82. The summed E-state index contributed by atoms with van der Waals surface area (Å²) in [6.45, 7) is 5.32. The molecule has 0 saturated carbocycles. The second-order valence-corrected chi connectivity index (χ2v) is 6.27. The van der Waals surface area contributed by atoms with E-state index in [-0.39, 0.29) is 43.5 Å². The lowest BCUT2D eigenvalue weighted by atomic mass is 10.0. The maximum atomic E-state index is 11.8. The quantitative estimate of drug-likeness (QED) is 0.560. The van der Waals surface area contributed by atoms with Crippen LogP contribution in [0.15, 0.2) is 0 Å². The molecule has 6 nitrogen and oxygen atoms in total. The highest BCUT2D eigenvalue weighted by molar-refractivity contribution is 6.02. The second kappa shape index (κ2) is 8.27. The van der Waals surface area contributed by atoms with Gasteiger partial charge in [-0.05, 0) is 32.7 Å². The maximum absolute atomic E-state index is 11.8. The van der Waals surface area contributed by atoms with E-state index in [0.717, 1.165) is 19.5 Å². The predicted octanol–water partition coefficient (Wildman–Crippen LogP) is 0.906. The summed E-state index contributed by atoms with van der Waals surface area (Å²) in [6, 6.07) is 0.650. The zero-order valence-corrected chi connectivity index (χ0v) is 13.5. The molecule has 1 unspecified atom stereocenters. The number of hydrogen-bond acceptors (Lipinski definition) is 4. The van der Waals surface area contributed by atoms with E-state index in [2.05, 4.69) is 17.1 Å². The molecule has 0 radical (unpaired) electrons. The number of imide groups is 1. The lowest BCUT2D eigenvalue weighted by molar-refractivity contribution is -0.138. The molecule has 0 bridgehead atoms. The minimum absolute atomic E-state index is 0.0841. The fraction of sp³-hybridized carbons (Fsp3) is 0.812. The van der Waals surface area contributed by atoms with Crippen molar-refractivity contribution < 1.29 is 14.4 Å². The number of amides is 3. The molecule has 2 rings (SSSR count). The Labute approximate surface area is 132 Å². The third kappa shape index (κ3) is 4.80. The van der Waals surface area contributed by atoms with Crippen molar-refractivity contribution in [3.8, 4) is 0 Å². The zero-order valence-electron chi connectivity index (χ0n) is 13.5. The number of piperidine rings is 1. The number of nitrogens with one attached hydrogen (secondary N) is 1. The zero-order chi connectivity index (χ0) is 15.9. The highest BCUT2D eigenvalue weighted by atomic mass is 16.2. The molecule has 2 saturated heterocycles. The first kappa shape index (κ1) is 16.9. The number of carbonyl (C=O) groups excluding carboxylic acids is 3. The van der Waals surface area contributed by atoms with Crippen LogP contribution in [0.5, 0.6) is 0 Å². The molecule has 0 spiro atoms. The highest BCUT2D eigenvalue weighted by Crippen LogP contribution is 2.16. The van der Waals surface area contributed by atoms with Crippen molar-refractivity contribution in [2.75, 3.05) is 26.2 Å². The van der Waals surface area contributed by atoms with E-state index in [1.54, 1.807) is 0 Å². The minimum Gasteiger partial charge on any atom is -0.356 e. The van der Waals surface area contributed by atoms with Gasteiger partial charge in [0.1, 0.15) is 0 Å². The molecule has 0 aliphatic carbocycles. The fourth-order valence-corrected chi connectivity index (χ4v) is 3.17. The summed E-state index contributed by atoms with van der Waals surface area (Å²) in [5.41, 5.74) is 0. The molecule has 3 amide bonds. The fourth-order valence-electron chi connectivity index (χ4n) is 3.17. The van der Waals surface area contributed by atoms with Crippen LogP contribution < -0.4 is 5.32 Å². The molecule has 6 heteroatoms. The standard InChI is InChI=1S/C16H27N3O3/c1-13-5-2-3-10-18(13)11-4-9-17-14(20)8-12-19-15(21)6-7-16(19)22/h13H,2-12H2,1H3,(H,17,20). The smallest absolute Gasteiger partial charge is 0.229 e. The summed E-state index contributed by atoms with van der Waals surface area (Å²) < 4.78 is 0. The molecule has 22 heavy (non-hydrogen) atoms. The van der Waals surface area contributed by atoms with Gasteiger partial charge in [-0.3, -0.25) is 19.3 Å². The molecular weight excluding hydrogens is 282 g/mol. The van der Waals surface area contributed by atoms with Crippen molar-refractivity contribution in [1.82, 2.24) is 15.1 Å². The van der Waals surface area contributed by atoms with E-state index in [9.17, 15) is 14.4 Å². The van der Waals surface area contributed by atoms with Crippen LogP contribution in [0.1, 0.15) is 51.9 Å². The van der Waals surface area contributed by atoms with Gasteiger partial charge in [-0.25, -0.2) is 0 Å². The van der Waals surface area contributed by atoms with Gasteiger partial charge in [-0.15, -0.1) is 0 Å². The summed E-state index contributed by atoms with van der Waals surface area (Å²) in [4.78, 5) is 38.3. The molecule has 2 fully saturated rings. The second-order valence-electron chi connectivity index (χ2n) is 6.27. The van der Waals surface area contributed by atoms with Gasteiger partial charge in [0.25, 0.3) is 0 Å². The van der Waals surface area contributed by atoms with Gasteiger partial charge in [0.2, 0.25) is 17.7 Å². The van der Waals surface area contributed by atoms with Crippen LogP contribution in [-0.4, -0.2) is 59.7 Å². The van der Waals surface area contributed by atoms with Crippen molar-refractivity contribution in [2.45, 2.75) is 57.9 Å². The Morgan fingerprint density at radius 3 is 2.59 bits per heavy atom. The highest BCUT2D eigenvalue weighted by Gasteiger charge is 2.28. The summed E-state index contributed by atoms with van der Waals surface area (Å²) in [5.74, 6) is -0.395. The molecule has 2 heterocycles. The van der Waals surface area contributed by atoms with E-state index in [1.807, 2.05) is 0 Å². The molecule has 0 aromatic carbocycles. The maximum Gasteiger partial charge on any atom is 0.229 e. The van der Waals surface area contributed by atoms with Crippen LogP contribution in [0.25, 0.3) is 0 Å². The van der Waals surface area contributed by atoms with Gasteiger partial charge in [0.15, 0.2) is 0 Å². The van der Waals surface area contributed by atoms with Crippen LogP contribution in [-0.2, 0) is 14.4 Å². The van der Waals surface area contributed by atoms with Crippen molar-refractivity contribution >= 4 is 17.7 Å². The molecule has 1 atom stereocenters. The largest absolute Gasteiger partial charge is 0.356 e. The molecule has 1 N–H and O–H groups in total. The first-order valence-electron chi connectivity index (χ1n) is 8.42. The first-order chi connectivity index (χ1) is 10.6. The van der Waals surface area contributed by atoms with Crippen molar-refractivity contribution in [2.24, 2.45) is 0 Å². The van der Waals surface area contributed by atoms with Crippen LogP contribution in [0, 0.1) is 0 Å². The number of nitrogens with zero attached hydrogens (tertiary/aromatic N) is 2. The number of hydrogen-bond donors (Lipinski definition) is 1. The van der Waals surface area contributed by atoms with Gasteiger partial charge in [0.05, 0.1) is 0 Å². The minimum atomic E-state index is -0.156. The Morgan fingerprint density at radius 1 is 1.18 bits per heavy atom. The van der Waals surface area contributed by atoms with Gasteiger partial charge < -0.3 is 10.2 Å². The molecule has 2 aliphatic heterocycles. The van der Waals surface area contributed by atoms with Gasteiger partial charge in [0, 0.05) is 44.9 Å². The van der Waals surface area contributed by atoms with Crippen LogP contribution in [0.2, 0.25) is 0 Å². The van der Waals surface area contributed by atoms with E-state index < -0.39 is 0 Å². The van der Waals surface area contributed by atoms with E-state index in [4.69, 9.17) is 0 Å². The lowest BCUT2D eigenvalue weighted by Gasteiger charge is -2.33. The summed E-state index contributed by atoms with van der Waals surface area (Å²) in [6.07, 6.45) is 5.58. The number of rotatable bonds is 7. The molecule has 124 valence electrons. The van der Waals surface area contributed by atoms with Gasteiger partial charge >= 0.3 is 0 Å². The molecule has 0 aromatic heterocycles. The van der Waals surface area contributed by atoms with E-state index in [1.165, 1.54) is 24.2 Å². The Morgan fingerprint density at radius 2 is 1.91 bits per heavy atom. The molecule has 0 aromatic rings. The predicted molar refractivity (Wildman–Crippen MR) is 83.1 cm³/mol. The monoisotopic (exact) mass is 309 g/mol. The van der Waals surface area contributed by atoms with Gasteiger partial charge in [-0.1, -0.05) is 6.42 Å². The topological polar surface area (TPSA) is 69.7 Å². The SMILES string of the molecule is CC1CCCCN1CCCNC(=O)CCN1C(=O)CCC1=O. The van der Waals surface area contributed by atoms with Crippen LogP contribution in [0.3, 0.4) is 0 Å². The first-order valence-corrected chi connectivity index (χ1v) is 8.42. The number of likely N-dealkylation sites (tertiary alicyclic amines) is 2. The Hall–Kier alpha value is -1.43. The Kier molecular flexibility index (Phi) is 6.36. The van der Waals surface area contributed by atoms with E-state index in [0.29, 0.717) is 12.6 Å². The summed E-state index contributed by atoms with van der Waals surface area (Å²) >= 11 is 0. The Balaban J connectivity index is 1.56.